The third-order valence-corrected chi connectivity index (χ3v) is 8.24. The van der Waals surface area contributed by atoms with Crippen molar-refractivity contribution in [2.24, 2.45) is 5.73 Å². The fraction of sp³-hybridized carbons (Fsp3) is 0.294. The minimum absolute atomic E-state index is 0. The van der Waals surface area contributed by atoms with Crippen LogP contribution in [0.3, 0.4) is 0 Å². The van der Waals surface area contributed by atoms with Crippen molar-refractivity contribution in [3.8, 4) is 0 Å². The minimum atomic E-state index is -1.62. The Morgan fingerprint density at radius 3 is 1.81 bits per heavy atom. The Morgan fingerprint density at radius 1 is 0.881 bits per heavy atom. The molecule has 5 nitrogen and oxygen atoms in total. The van der Waals surface area contributed by atoms with Crippen molar-refractivity contribution < 1.29 is 13.6 Å². The molecule has 0 radical (unpaired) electrons. The average molecular weight is 591 g/mol. The number of carbonyl (C=O) groups excluding carboxylic acids is 1. The van der Waals surface area contributed by atoms with Crippen molar-refractivity contribution in [3.63, 3.8) is 0 Å². The van der Waals surface area contributed by atoms with E-state index in [2.05, 4.69) is 84.3 Å². The number of hydrogen-bond acceptors (Lipinski definition) is 3. The summed E-state index contributed by atoms with van der Waals surface area (Å²) in [5.74, 6) is -0.165. The number of carbonyl (C=O) groups is 1. The maximum absolute atomic E-state index is 12.9. The molecule has 0 saturated carbocycles. The van der Waals surface area contributed by atoms with Crippen LogP contribution in [0, 0.1) is 6.92 Å². The largest absolute Gasteiger partial charge is 0.341 e. The van der Waals surface area contributed by atoms with Gasteiger partial charge in [0.15, 0.2) is 0 Å². The molecule has 220 valence electrons. The van der Waals surface area contributed by atoms with Gasteiger partial charge in [0.2, 0.25) is 5.91 Å². The standard InChI is InChI=1S/C34H36F2N4O.ClH/c1-25-31(19-11-18-30(37)33(41)39-22-20-26(21-23-39)32(35)36)38-24-40(25)34(27-12-5-2-6-13-27,28-14-7-3-8-15-28)29-16-9-4-10-17-29;/h2-10,12-17,24,30H,11,18-23,37H2,1H3;1H. The van der Waals surface area contributed by atoms with E-state index in [1.807, 2.05) is 24.5 Å². The van der Waals surface area contributed by atoms with E-state index in [1.54, 1.807) is 4.90 Å². The van der Waals surface area contributed by atoms with Crippen LogP contribution in [-0.4, -0.2) is 39.5 Å². The van der Waals surface area contributed by atoms with Crippen molar-refractivity contribution in [2.75, 3.05) is 13.1 Å². The quantitative estimate of drug-likeness (QED) is 0.216. The van der Waals surface area contributed by atoms with Gasteiger partial charge in [0.05, 0.1) is 18.1 Å². The normalized spacial score (nSPS) is 14.3. The van der Waals surface area contributed by atoms with Crippen LogP contribution in [0.5, 0.6) is 0 Å². The van der Waals surface area contributed by atoms with Crippen molar-refractivity contribution in [1.82, 2.24) is 14.5 Å². The molecule has 1 aromatic heterocycles. The third kappa shape index (κ3) is 6.18. The summed E-state index contributed by atoms with van der Waals surface area (Å²) in [6.07, 6.45) is 2.60. The minimum Gasteiger partial charge on any atom is -0.341 e. The van der Waals surface area contributed by atoms with Crippen LogP contribution >= 0.6 is 12.4 Å². The zero-order chi connectivity index (χ0) is 28.8. The lowest BCUT2D eigenvalue weighted by Gasteiger charge is -2.38. The molecule has 3 aromatic carbocycles. The number of aryl methyl sites for hydroxylation is 1. The highest BCUT2D eigenvalue weighted by atomic mass is 35.5. The van der Waals surface area contributed by atoms with Crippen LogP contribution in [-0.2, 0) is 16.8 Å². The molecular weight excluding hydrogens is 554 g/mol. The van der Waals surface area contributed by atoms with Crippen LogP contribution in [0.15, 0.2) is 109 Å². The number of imidazole rings is 1. The zero-order valence-corrected chi connectivity index (χ0v) is 24.6. The summed E-state index contributed by atoms with van der Waals surface area (Å²) in [4.78, 5) is 19.3. The monoisotopic (exact) mass is 590 g/mol. The molecule has 0 bridgehead atoms. The molecule has 1 unspecified atom stereocenters. The van der Waals surface area contributed by atoms with Crippen molar-refractivity contribution >= 4 is 18.3 Å². The average Bonchev–Trinajstić information content (AvgIpc) is 3.38. The summed E-state index contributed by atoms with van der Waals surface area (Å²) in [5, 5.41) is 0. The highest BCUT2D eigenvalue weighted by molar-refractivity contribution is 5.85. The Labute approximate surface area is 252 Å². The number of amides is 1. The van der Waals surface area contributed by atoms with Crippen molar-refractivity contribution in [3.05, 3.63) is 137 Å². The van der Waals surface area contributed by atoms with E-state index in [1.165, 1.54) is 0 Å². The Bertz CT molecular complexity index is 1380. The molecule has 8 heteroatoms. The molecule has 1 atom stereocenters. The Morgan fingerprint density at radius 2 is 1.36 bits per heavy atom. The molecule has 2 N–H and O–H groups in total. The van der Waals surface area contributed by atoms with E-state index >= 15 is 0 Å². The number of piperidine rings is 1. The second kappa shape index (κ2) is 13.9. The van der Waals surface area contributed by atoms with Crippen LogP contribution in [0.1, 0.15) is 53.8 Å². The van der Waals surface area contributed by atoms with Crippen LogP contribution in [0.2, 0.25) is 0 Å². The van der Waals surface area contributed by atoms with E-state index in [0.29, 0.717) is 32.4 Å². The Hall–Kier alpha value is -3.81. The van der Waals surface area contributed by atoms with Crippen LogP contribution in [0.25, 0.3) is 0 Å². The summed E-state index contributed by atoms with van der Waals surface area (Å²) < 4.78 is 28.0. The predicted octanol–water partition coefficient (Wildman–Crippen LogP) is 6.88. The van der Waals surface area contributed by atoms with Gasteiger partial charge in [-0.1, -0.05) is 91.0 Å². The summed E-state index contributed by atoms with van der Waals surface area (Å²) in [6, 6.07) is 30.8. The molecule has 1 amide bonds. The maximum atomic E-state index is 12.9. The molecule has 1 saturated heterocycles. The smallest absolute Gasteiger partial charge is 0.269 e. The first-order valence-electron chi connectivity index (χ1n) is 14.2. The number of nitrogens with two attached hydrogens (primary N) is 1. The fourth-order valence-corrected chi connectivity index (χ4v) is 6.02. The molecule has 42 heavy (non-hydrogen) atoms. The van der Waals surface area contributed by atoms with Crippen LogP contribution < -0.4 is 5.73 Å². The highest BCUT2D eigenvalue weighted by Gasteiger charge is 2.39. The van der Waals surface area contributed by atoms with E-state index in [9.17, 15) is 13.6 Å². The number of rotatable bonds is 9. The molecule has 1 aliphatic rings. The second-order valence-corrected chi connectivity index (χ2v) is 10.6. The summed E-state index contributed by atoms with van der Waals surface area (Å²) in [7, 11) is 0. The predicted molar refractivity (Wildman–Crippen MR) is 165 cm³/mol. The number of likely N-dealkylation sites (tertiary alicyclic amines) is 1. The van der Waals surface area contributed by atoms with Crippen LogP contribution in [0.4, 0.5) is 8.78 Å². The topological polar surface area (TPSA) is 64.2 Å². The van der Waals surface area contributed by atoms with Gasteiger partial charge in [-0.15, -0.1) is 12.4 Å². The Balaban J connectivity index is 0.00000405. The molecule has 0 spiro atoms. The van der Waals surface area contributed by atoms with Gasteiger partial charge in [-0.25, -0.2) is 4.98 Å². The SMILES string of the molecule is Cc1c(CCCC(N)C(=O)N2CCC(=C(F)F)CC2)ncn1C(c1ccccc1)(c1ccccc1)c1ccccc1.Cl. The molecule has 0 aliphatic carbocycles. The molecule has 2 heterocycles. The lowest BCUT2D eigenvalue weighted by atomic mass is 9.76. The summed E-state index contributed by atoms with van der Waals surface area (Å²) in [6.45, 7) is 2.69. The summed E-state index contributed by atoms with van der Waals surface area (Å²) >= 11 is 0. The lowest BCUT2D eigenvalue weighted by Crippen LogP contribution is -2.46. The number of nitrogens with zero attached hydrogens (tertiary/aromatic N) is 3. The molecular formula is C34H37ClF2N4O. The Kier molecular flexibility index (Phi) is 10.3. The summed E-state index contributed by atoms with van der Waals surface area (Å²) in [5.41, 5.74) is 11.2. The van der Waals surface area contributed by atoms with Gasteiger partial charge < -0.3 is 15.2 Å². The van der Waals surface area contributed by atoms with Crippen molar-refractivity contribution in [1.29, 1.82) is 0 Å². The lowest BCUT2D eigenvalue weighted by molar-refractivity contribution is -0.133. The first kappa shape index (κ1) is 31.1. The van der Waals surface area contributed by atoms with Gasteiger partial charge in [0.1, 0.15) is 5.54 Å². The number of aromatic nitrogens is 2. The molecule has 1 aliphatic heterocycles. The first-order chi connectivity index (χ1) is 19.9. The zero-order valence-electron chi connectivity index (χ0n) is 23.8. The van der Waals surface area contributed by atoms with Gasteiger partial charge in [-0.05, 0) is 61.3 Å². The number of halogens is 3. The molecule has 1 fully saturated rings. The van der Waals surface area contributed by atoms with Gasteiger partial charge >= 0.3 is 0 Å². The van der Waals surface area contributed by atoms with E-state index in [0.717, 1.165) is 28.1 Å². The van der Waals surface area contributed by atoms with Gasteiger partial charge in [0.25, 0.3) is 6.08 Å². The van der Waals surface area contributed by atoms with E-state index in [4.69, 9.17) is 10.7 Å². The highest BCUT2D eigenvalue weighted by Crippen LogP contribution is 2.42. The number of hydrogen-bond donors (Lipinski definition) is 1. The third-order valence-electron chi connectivity index (χ3n) is 8.24. The molecule has 5 rings (SSSR count). The van der Waals surface area contributed by atoms with E-state index < -0.39 is 17.7 Å². The maximum Gasteiger partial charge on any atom is 0.269 e. The number of benzene rings is 3. The van der Waals surface area contributed by atoms with Crippen molar-refractivity contribution in [2.45, 2.75) is 50.6 Å². The van der Waals surface area contributed by atoms with Gasteiger partial charge in [0, 0.05) is 18.8 Å². The van der Waals surface area contributed by atoms with Gasteiger partial charge in [-0.2, -0.15) is 8.78 Å². The molecule has 4 aromatic rings. The van der Waals surface area contributed by atoms with Gasteiger partial charge in [-0.3, -0.25) is 4.79 Å². The second-order valence-electron chi connectivity index (χ2n) is 10.6. The first-order valence-corrected chi connectivity index (χ1v) is 14.2. The fourth-order valence-electron chi connectivity index (χ4n) is 6.02. The van der Waals surface area contributed by atoms with E-state index in [-0.39, 0.29) is 36.7 Å².